The molecule has 5 heteroatoms. The summed E-state index contributed by atoms with van der Waals surface area (Å²) in [6.45, 7) is 5.15. The number of hydrogen-bond donors (Lipinski definition) is 1. The Morgan fingerprint density at radius 2 is 2.44 bits per heavy atom. The smallest absolute Gasteiger partial charge is 0.163 e. The van der Waals surface area contributed by atoms with Crippen LogP contribution in [0.3, 0.4) is 0 Å². The summed E-state index contributed by atoms with van der Waals surface area (Å²) in [6.07, 6.45) is 1.83. The Morgan fingerprint density at radius 3 is 3.06 bits per heavy atom. The first-order valence-corrected chi connectivity index (χ1v) is 6.02. The summed E-state index contributed by atoms with van der Waals surface area (Å²) in [5, 5.41) is 3.23. The largest absolute Gasteiger partial charge is 0.366 e. The minimum absolute atomic E-state index is 0.0731. The lowest BCUT2D eigenvalue weighted by atomic mass is 10.3. The van der Waals surface area contributed by atoms with Gasteiger partial charge >= 0.3 is 0 Å². The van der Waals surface area contributed by atoms with Crippen LogP contribution < -0.4 is 5.32 Å². The van der Waals surface area contributed by atoms with Crippen molar-refractivity contribution in [2.75, 3.05) is 18.5 Å². The molecule has 1 aromatic rings. The van der Waals surface area contributed by atoms with Gasteiger partial charge in [0.1, 0.15) is 11.9 Å². The fourth-order valence-corrected chi connectivity index (χ4v) is 1.99. The lowest BCUT2D eigenvalue weighted by molar-refractivity contribution is -0.136. The molecule has 0 spiro atoms. The summed E-state index contributed by atoms with van der Waals surface area (Å²) in [4.78, 5) is 4.22. The van der Waals surface area contributed by atoms with Gasteiger partial charge in [-0.15, -0.1) is 0 Å². The van der Waals surface area contributed by atoms with E-state index in [-0.39, 0.29) is 6.10 Å². The molecule has 0 amide bonds. The van der Waals surface area contributed by atoms with Crippen LogP contribution in [0.4, 0.5) is 5.82 Å². The number of ether oxygens (including phenoxy) is 2. The van der Waals surface area contributed by atoms with Gasteiger partial charge in [0, 0.05) is 12.7 Å². The van der Waals surface area contributed by atoms with Crippen LogP contribution >= 0.6 is 15.9 Å². The van der Waals surface area contributed by atoms with E-state index < -0.39 is 5.79 Å². The molecule has 2 rings (SSSR count). The number of anilines is 1. The number of pyridine rings is 1. The van der Waals surface area contributed by atoms with Crippen molar-refractivity contribution in [3.05, 3.63) is 22.8 Å². The van der Waals surface area contributed by atoms with Crippen molar-refractivity contribution < 1.29 is 9.47 Å². The SMILES string of the molecule is CC1(C)OCC(CNc2ncccc2Br)O1. The van der Waals surface area contributed by atoms with Gasteiger partial charge in [0.2, 0.25) is 0 Å². The molecule has 4 nitrogen and oxygen atoms in total. The van der Waals surface area contributed by atoms with Gasteiger partial charge < -0.3 is 14.8 Å². The molecule has 1 aromatic heterocycles. The first-order chi connectivity index (χ1) is 7.57. The number of nitrogens with zero attached hydrogens (tertiary/aromatic N) is 1. The Balaban J connectivity index is 1.87. The van der Waals surface area contributed by atoms with Gasteiger partial charge in [-0.05, 0) is 41.9 Å². The van der Waals surface area contributed by atoms with E-state index >= 15 is 0 Å². The van der Waals surface area contributed by atoms with Crippen LogP contribution in [-0.2, 0) is 9.47 Å². The molecular weight excluding hydrogens is 272 g/mol. The number of hydrogen-bond acceptors (Lipinski definition) is 4. The Labute approximate surface area is 103 Å². The van der Waals surface area contributed by atoms with Gasteiger partial charge in [-0.25, -0.2) is 4.98 Å². The Bertz CT molecular complexity index is 371. The van der Waals surface area contributed by atoms with Crippen molar-refractivity contribution in [3.8, 4) is 0 Å². The molecule has 1 aliphatic heterocycles. The van der Waals surface area contributed by atoms with Crippen LogP contribution in [0.1, 0.15) is 13.8 Å². The third kappa shape index (κ3) is 2.93. The minimum Gasteiger partial charge on any atom is -0.366 e. The number of rotatable bonds is 3. The third-order valence-corrected chi connectivity index (χ3v) is 2.96. The summed E-state index contributed by atoms with van der Waals surface area (Å²) in [5.74, 6) is 0.365. The number of aromatic nitrogens is 1. The maximum absolute atomic E-state index is 5.68. The molecule has 0 bridgehead atoms. The third-order valence-electron chi connectivity index (χ3n) is 2.32. The fraction of sp³-hybridized carbons (Fsp3) is 0.545. The summed E-state index contributed by atoms with van der Waals surface area (Å²) in [7, 11) is 0. The molecule has 16 heavy (non-hydrogen) atoms. The average Bonchev–Trinajstić information content (AvgIpc) is 2.57. The standard InChI is InChI=1S/C11H15BrN2O2/c1-11(2)15-7-8(16-11)6-14-10-9(12)4-3-5-13-10/h3-5,8H,6-7H2,1-2H3,(H,13,14). The van der Waals surface area contributed by atoms with E-state index in [1.807, 2.05) is 26.0 Å². The second-order valence-electron chi connectivity index (χ2n) is 4.17. The maximum Gasteiger partial charge on any atom is 0.163 e. The van der Waals surface area contributed by atoms with Gasteiger partial charge in [0.05, 0.1) is 11.1 Å². The maximum atomic E-state index is 5.68. The van der Waals surface area contributed by atoms with Crippen LogP contribution in [0.15, 0.2) is 22.8 Å². The zero-order chi connectivity index (χ0) is 11.6. The molecule has 0 aromatic carbocycles. The van der Waals surface area contributed by atoms with Crippen molar-refractivity contribution in [2.24, 2.45) is 0 Å². The Morgan fingerprint density at radius 1 is 1.62 bits per heavy atom. The van der Waals surface area contributed by atoms with E-state index in [9.17, 15) is 0 Å². The van der Waals surface area contributed by atoms with Crippen LogP contribution in [0.5, 0.6) is 0 Å². The molecule has 0 aliphatic carbocycles. The molecular formula is C11H15BrN2O2. The normalized spacial score (nSPS) is 23.3. The second kappa shape index (κ2) is 4.69. The fourth-order valence-electron chi connectivity index (χ4n) is 1.59. The van der Waals surface area contributed by atoms with Gasteiger partial charge in [-0.1, -0.05) is 0 Å². The first kappa shape index (κ1) is 11.8. The first-order valence-electron chi connectivity index (χ1n) is 5.23. The highest BCUT2D eigenvalue weighted by Gasteiger charge is 2.32. The summed E-state index contributed by atoms with van der Waals surface area (Å²) >= 11 is 3.43. The molecule has 1 saturated heterocycles. The van der Waals surface area contributed by atoms with Gasteiger partial charge in [0.15, 0.2) is 5.79 Å². The Kier molecular flexibility index (Phi) is 3.47. The van der Waals surface area contributed by atoms with Crippen molar-refractivity contribution >= 4 is 21.7 Å². The van der Waals surface area contributed by atoms with Crippen molar-refractivity contribution in [2.45, 2.75) is 25.7 Å². The van der Waals surface area contributed by atoms with Gasteiger partial charge in [0.25, 0.3) is 0 Å². The molecule has 1 N–H and O–H groups in total. The molecule has 2 heterocycles. The van der Waals surface area contributed by atoms with E-state index in [0.717, 1.165) is 10.3 Å². The highest BCUT2D eigenvalue weighted by atomic mass is 79.9. The van der Waals surface area contributed by atoms with Gasteiger partial charge in [-0.2, -0.15) is 0 Å². The molecule has 0 saturated carbocycles. The van der Waals surface area contributed by atoms with Crippen LogP contribution in [0.25, 0.3) is 0 Å². The van der Waals surface area contributed by atoms with E-state index in [1.54, 1.807) is 6.20 Å². The van der Waals surface area contributed by atoms with E-state index in [1.165, 1.54) is 0 Å². The van der Waals surface area contributed by atoms with Crippen LogP contribution in [0, 0.1) is 0 Å². The molecule has 1 fully saturated rings. The lowest BCUT2D eigenvalue weighted by Gasteiger charge is -2.17. The second-order valence-corrected chi connectivity index (χ2v) is 5.02. The quantitative estimate of drug-likeness (QED) is 0.927. The van der Waals surface area contributed by atoms with Crippen molar-refractivity contribution in [3.63, 3.8) is 0 Å². The monoisotopic (exact) mass is 286 g/mol. The predicted molar refractivity (Wildman–Crippen MR) is 65.3 cm³/mol. The molecule has 0 radical (unpaired) electrons. The zero-order valence-corrected chi connectivity index (χ0v) is 11.0. The van der Waals surface area contributed by atoms with Gasteiger partial charge in [-0.3, -0.25) is 0 Å². The number of nitrogens with one attached hydrogen (secondary N) is 1. The van der Waals surface area contributed by atoms with Crippen LogP contribution in [-0.4, -0.2) is 30.0 Å². The highest BCUT2D eigenvalue weighted by Crippen LogP contribution is 2.23. The predicted octanol–water partition coefficient (Wildman–Crippen LogP) is 2.41. The minimum atomic E-state index is -0.465. The number of halogens is 1. The van der Waals surface area contributed by atoms with Crippen molar-refractivity contribution in [1.82, 2.24) is 4.98 Å². The van der Waals surface area contributed by atoms with E-state index in [4.69, 9.17) is 9.47 Å². The summed E-state index contributed by atoms with van der Waals surface area (Å²) in [6, 6.07) is 3.83. The molecule has 1 atom stereocenters. The van der Waals surface area contributed by atoms with E-state index in [2.05, 4.69) is 26.2 Å². The molecule has 1 aliphatic rings. The van der Waals surface area contributed by atoms with E-state index in [0.29, 0.717) is 13.2 Å². The van der Waals surface area contributed by atoms with Crippen LogP contribution in [0.2, 0.25) is 0 Å². The topological polar surface area (TPSA) is 43.4 Å². The lowest BCUT2D eigenvalue weighted by Crippen LogP contribution is -2.26. The molecule has 1 unspecified atom stereocenters. The Hall–Kier alpha value is -0.650. The highest BCUT2D eigenvalue weighted by molar-refractivity contribution is 9.10. The summed E-state index contributed by atoms with van der Waals surface area (Å²) < 4.78 is 12.1. The average molecular weight is 287 g/mol. The van der Waals surface area contributed by atoms with Crippen molar-refractivity contribution in [1.29, 1.82) is 0 Å². The summed E-state index contributed by atoms with van der Waals surface area (Å²) in [5.41, 5.74) is 0. The molecule has 88 valence electrons. The zero-order valence-electron chi connectivity index (χ0n) is 9.37.